The van der Waals surface area contributed by atoms with Gasteiger partial charge in [0.1, 0.15) is 6.04 Å². The largest absolute Gasteiger partial charge is 0.480 e. The molecule has 3 nitrogen and oxygen atoms in total. The van der Waals surface area contributed by atoms with E-state index in [4.69, 9.17) is 22.4 Å². The third-order valence-electron chi connectivity index (χ3n) is 0.796. The van der Waals surface area contributed by atoms with Gasteiger partial charge in [0, 0.05) is 5.54 Å². The first-order valence-electron chi connectivity index (χ1n) is 2.42. The molecule has 0 fully saturated rings. The molecule has 0 aromatic rings. The number of nitrogens with two attached hydrogens (primary N) is 1. The van der Waals surface area contributed by atoms with Crippen LogP contribution in [0.15, 0.2) is 11.6 Å². The van der Waals surface area contributed by atoms with E-state index in [2.05, 4.69) is 0 Å². The lowest BCUT2D eigenvalue weighted by atomic mass is 10.2. The van der Waals surface area contributed by atoms with Gasteiger partial charge in [0.25, 0.3) is 0 Å². The Morgan fingerprint density at radius 3 is 2.78 bits per heavy atom. The van der Waals surface area contributed by atoms with Crippen LogP contribution in [0.4, 0.5) is 0 Å². The molecule has 0 aliphatic rings. The van der Waals surface area contributed by atoms with Crippen molar-refractivity contribution in [2.75, 3.05) is 0 Å². The molecule has 0 saturated heterocycles. The zero-order valence-corrected chi connectivity index (χ0v) is 5.51. The summed E-state index contributed by atoms with van der Waals surface area (Å²) in [5.74, 6) is -1.01. The first-order chi connectivity index (χ1) is 4.18. The number of rotatable bonds is 3. The molecule has 52 valence electrons. The van der Waals surface area contributed by atoms with E-state index < -0.39 is 12.0 Å². The summed E-state index contributed by atoms with van der Waals surface area (Å²) in [6.07, 6.45) is 1.78. The van der Waals surface area contributed by atoms with Crippen molar-refractivity contribution in [3.05, 3.63) is 11.6 Å². The van der Waals surface area contributed by atoms with E-state index in [-0.39, 0.29) is 6.42 Å². The monoisotopic (exact) mass is 149 g/mol. The van der Waals surface area contributed by atoms with Crippen molar-refractivity contribution in [2.24, 2.45) is 5.73 Å². The smallest absolute Gasteiger partial charge is 0.320 e. The molecular weight excluding hydrogens is 142 g/mol. The van der Waals surface area contributed by atoms with E-state index in [1.165, 1.54) is 11.6 Å². The van der Waals surface area contributed by atoms with E-state index in [1.54, 1.807) is 0 Å². The Labute approximate surface area is 58.1 Å². The number of carboxylic acids is 1. The van der Waals surface area contributed by atoms with E-state index in [1.807, 2.05) is 0 Å². The summed E-state index contributed by atoms with van der Waals surface area (Å²) in [6, 6.07) is -0.833. The molecule has 0 aromatic heterocycles. The number of hydrogen-bond acceptors (Lipinski definition) is 2. The van der Waals surface area contributed by atoms with Crippen LogP contribution in [0.1, 0.15) is 6.42 Å². The number of carboxylic acid groups (broad SMARTS) is 1. The van der Waals surface area contributed by atoms with Gasteiger partial charge in [-0.15, -0.1) is 0 Å². The maximum Gasteiger partial charge on any atom is 0.320 e. The Hall–Kier alpha value is -0.540. The summed E-state index contributed by atoms with van der Waals surface area (Å²) >= 11 is 5.12. The van der Waals surface area contributed by atoms with Crippen molar-refractivity contribution >= 4 is 17.6 Å². The fraction of sp³-hybridized carbons (Fsp3) is 0.400. The minimum absolute atomic E-state index is 0.277. The number of halogens is 1. The van der Waals surface area contributed by atoms with Crippen LogP contribution in [-0.2, 0) is 4.79 Å². The van der Waals surface area contributed by atoms with Gasteiger partial charge in [-0.1, -0.05) is 17.7 Å². The lowest BCUT2D eigenvalue weighted by Crippen LogP contribution is -2.29. The van der Waals surface area contributed by atoms with Crippen LogP contribution in [0.3, 0.4) is 0 Å². The highest BCUT2D eigenvalue weighted by atomic mass is 35.5. The molecule has 0 bridgehead atoms. The first kappa shape index (κ1) is 8.46. The van der Waals surface area contributed by atoms with E-state index >= 15 is 0 Å². The third kappa shape index (κ3) is 4.00. The molecule has 3 N–H and O–H groups in total. The van der Waals surface area contributed by atoms with Gasteiger partial charge >= 0.3 is 5.97 Å². The highest BCUT2D eigenvalue weighted by molar-refractivity contribution is 6.25. The molecular formula is C5H8ClNO2. The summed E-state index contributed by atoms with van der Waals surface area (Å²) < 4.78 is 0. The molecule has 0 heterocycles. The predicted molar refractivity (Wildman–Crippen MR) is 35.2 cm³/mol. The van der Waals surface area contributed by atoms with Gasteiger partial charge in [0.05, 0.1) is 0 Å². The maximum atomic E-state index is 10.0. The molecule has 0 unspecified atom stereocenters. The fourth-order valence-electron chi connectivity index (χ4n) is 0.299. The lowest BCUT2D eigenvalue weighted by molar-refractivity contribution is -0.138. The van der Waals surface area contributed by atoms with Crippen molar-refractivity contribution in [3.63, 3.8) is 0 Å². The normalized spacial score (nSPS) is 14.0. The zero-order valence-electron chi connectivity index (χ0n) is 4.75. The topological polar surface area (TPSA) is 63.3 Å². The fourth-order valence-corrected chi connectivity index (χ4v) is 0.402. The van der Waals surface area contributed by atoms with Crippen molar-refractivity contribution < 1.29 is 9.90 Å². The average Bonchev–Trinajstić information content (AvgIpc) is 1.82. The van der Waals surface area contributed by atoms with Crippen LogP contribution in [-0.4, -0.2) is 17.1 Å². The second-order valence-corrected chi connectivity index (χ2v) is 1.79. The quantitative estimate of drug-likeness (QED) is 0.616. The van der Waals surface area contributed by atoms with E-state index in [0.717, 1.165) is 0 Å². The van der Waals surface area contributed by atoms with Gasteiger partial charge in [-0.3, -0.25) is 4.79 Å². The van der Waals surface area contributed by atoms with Crippen molar-refractivity contribution in [3.8, 4) is 0 Å². The van der Waals surface area contributed by atoms with Crippen LogP contribution in [0.25, 0.3) is 0 Å². The van der Waals surface area contributed by atoms with Gasteiger partial charge in [-0.05, 0) is 6.42 Å². The lowest BCUT2D eigenvalue weighted by Gasteiger charge is -1.98. The second-order valence-electron chi connectivity index (χ2n) is 1.54. The maximum absolute atomic E-state index is 10.0. The van der Waals surface area contributed by atoms with Gasteiger partial charge in [-0.2, -0.15) is 0 Å². The molecule has 1 atom stereocenters. The Balaban J connectivity index is 3.50. The standard InChI is InChI=1S/C5H8ClNO2/c6-3-1-2-4(7)5(8)9/h1,3-4H,2,7H2,(H,8,9)/b3-1+/t4-/m0/s1. The predicted octanol–water partition coefficient (Wildman–Crippen LogP) is 0.541. The highest BCUT2D eigenvalue weighted by Gasteiger charge is 2.07. The zero-order chi connectivity index (χ0) is 7.28. The van der Waals surface area contributed by atoms with Crippen molar-refractivity contribution in [2.45, 2.75) is 12.5 Å². The van der Waals surface area contributed by atoms with Gasteiger partial charge < -0.3 is 10.8 Å². The van der Waals surface area contributed by atoms with Crippen molar-refractivity contribution in [1.82, 2.24) is 0 Å². The number of carbonyl (C=O) groups is 1. The Kier molecular flexibility index (Phi) is 4.09. The molecule has 9 heavy (non-hydrogen) atoms. The number of hydrogen-bond donors (Lipinski definition) is 2. The van der Waals surface area contributed by atoms with Crippen LogP contribution in [0, 0.1) is 0 Å². The SMILES string of the molecule is N[C@@H](C/C=C/Cl)C(=O)O. The van der Waals surface area contributed by atoms with Crippen LogP contribution in [0.2, 0.25) is 0 Å². The first-order valence-corrected chi connectivity index (χ1v) is 2.85. The summed E-state index contributed by atoms with van der Waals surface area (Å²) in [5.41, 5.74) is 6.35. The summed E-state index contributed by atoms with van der Waals surface area (Å²) in [7, 11) is 0. The molecule has 4 heteroatoms. The molecule has 0 amide bonds. The molecule has 0 saturated carbocycles. The molecule has 0 rings (SSSR count). The molecule has 0 aromatic carbocycles. The third-order valence-corrected chi connectivity index (χ3v) is 0.974. The molecule has 0 aliphatic heterocycles. The van der Waals surface area contributed by atoms with Crippen LogP contribution in [0.5, 0.6) is 0 Å². The summed E-state index contributed by atoms with van der Waals surface area (Å²) in [6.45, 7) is 0. The molecule has 0 spiro atoms. The summed E-state index contributed by atoms with van der Waals surface area (Å²) in [5, 5.41) is 8.21. The second kappa shape index (κ2) is 4.35. The van der Waals surface area contributed by atoms with Crippen LogP contribution < -0.4 is 5.73 Å². The Morgan fingerprint density at radius 1 is 1.89 bits per heavy atom. The molecule has 0 radical (unpaired) electrons. The summed E-state index contributed by atoms with van der Waals surface area (Å²) in [4.78, 5) is 10.0. The van der Waals surface area contributed by atoms with Gasteiger partial charge in [0.2, 0.25) is 0 Å². The van der Waals surface area contributed by atoms with Crippen molar-refractivity contribution in [1.29, 1.82) is 0 Å². The average molecular weight is 150 g/mol. The van der Waals surface area contributed by atoms with E-state index in [9.17, 15) is 4.79 Å². The minimum Gasteiger partial charge on any atom is -0.480 e. The van der Waals surface area contributed by atoms with Gasteiger partial charge in [0.15, 0.2) is 0 Å². The Morgan fingerprint density at radius 2 is 2.44 bits per heavy atom. The van der Waals surface area contributed by atoms with E-state index in [0.29, 0.717) is 0 Å². The Bertz CT molecular complexity index is 124. The number of aliphatic carboxylic acids is 1. The minimum atomic E-state index is -1.01. The molecule has 0 aliphatic carbocycles. The highest BCUT2D eigenvalue weighted by Crippen LogP contribution is 1.90. The van der Waals surface area contributed by atoms with Crippen LogP contribution >= 0.6 is 11.6 Å². The van der Waals surface area contributed by atoms with Gasteiger partial charge in [-0.25, -0.2) is 0 Å².